The van der Waals surface area contributed by atoms with Gasteiger partial charge < -0.3 is 5.32 Å². The highest BCUT2D eigenvalue weighted by molar-refractivity contribution is 5.86. The summed E-state index contributed by atoms with van der Waals surface area (Å²) in [7, 11) is 0. The van der Waals surface area contributed by atoms with Crippen LogP contribution in [0, 0.1) is 0 Å². The van der Waals surface area contributed by atoms with E-state index in [0.29, 0.717) is 0 Å². The van der Waals surface area contributed by atoms with Crippen molar-refractivity contribution in [3.8, 4) is 0 Å². The maximum atomic E-state index is 3.44. The molecule has 2 aromatic carbocycles. The summed E-state index contributed by atoms with van der Waals surface area (Å²) in [5.74, 6) is 0. The number of nitrogens with one attached hydrogen (secondary N) is 1. The van der Waals surface area contributed by atoms with Crippen molar-refractivity contribution in [1.29, 1.82) is 0 Å². The predicted molar refractivity (Wildman–Crippen MR) is 89.9 cm³/mol. The molecule has 0 fully saturated rings. The van der Waals surface area contributed by atoms with Crippen LogP contribution in [0.15, 0.2) is 78.5 Å². The van der Waals surface area contributed by atoms with E-state index >= 15 is 0 Å². The number of rotatable bonds is 2. The van der Waals surface area contributed by atoms with Gasteiger partial charge in [-0.3, -0.25) is 0 Å². The lowest BCUT2D eigenvalue weighted by atomic mass is 10.1. The first-order valence-corrected chi connectivity index (χ1v) is 7.21. The van der Waals surface area contributed by atoms with E-state index in [0.717, 1.165) is 17.8 Å². The third kappa shape index (κ3) is 3.61. The van der Waals surface area contributed by atoms with Crippen LogP contribution in [0.5, 0.6) is 0 Å². The molecule has 1 N–H and O–H groups in total. The Morgan fingerprint density at radius 2 is 1.70 bits per heavy atom. The van der Waals surface area contributed by atoms with Crippen molar-refractivity contribution in [2.24, 2.45) is 0 Å². The molecule has 0 saturated heterocycles. The smallest absolute Gasteiger partial charge is 0.0390 e. The standard InChI is InChI=1S/C17H15N.C2H6/c1-2-4-10-16(9-3-1)18-17-12-11-14-7-5-6-8-15(14)13-17;1-2/h1,3-13,18H,2H2;1-2H3. The zero-order valence-electron chi connectivity index (χ0n) is 12.1. The Morgan fingerprint density at radius 1 is 0.900 bits per heavy atom. The van der Waals surface area contributed by atoms with E-state index < -0.39 is 0 Å². The van der Waals surface area contributed by atoms with Crippen LogP contribution in [0.2, 0.25) is 0 Å². The Bertz CT molecular complexity index is 648. The number of allylic oxidation sites excluding steroid dienone is 5. The van der Waals surface area contributed by atoms with E-state index in [9.17, 15) is 0 Å². The van der Waals surface area contributed by atoms with Gasteiger partial charge >= 0.3 is 0 Å². The second kappa shape index (κ2) is 7.34. The summed E-state index contributed by atoms with van der Waals surface area (Å²) >= 11 is 0. The largest absolute Gasteiger partial charge is 0.356 e. The van der Waals surface area contributed by atoms with E-state index in [4.69, 9.17) is 0 Å². The van der Waals surface area contributed by atoms with Gasteiger partial charge in [-0.2, -0.15) is 0 Å². The molecule has 0 unspecified atom stereocenters. The summed E-state index contributed by atoms with van der Waals surface area (Å²) in [4.78, 5) is 0. The molecule has 20 heavy (non-hydrogen) atoms. The van der Waals surface area contributed by atoms with Gasteiger partial charge in [-0.15, -0.1) is 0 Å². The molecule has 0 saturated carbocycles. The maximum Gasteiger partial charge on any atom is 0.0390 e. The van der Waals surface area contributed by atoms with Crippen molar-refractivity contribution >= 4 is 16.5 Å². The summed E-state index contributed by atoms with van der Waals surface area (Å²) in [6, 6.07) is 14.8. The second-order valence-corrected chi connectivity index (χ2v) is 4.38. The fourth-order valence-electron chi connectivity index (χ4n) is 2.10. The third-order valence-electron chi connectivity index (χ3n) is 3.02. The summed E-state index contributed by atoms with van der Waals surface area (Å²) < 4.78 is 0. The number of anilines is 1. The molecule has 0 spiro atoms. The highest BCUT2D eigenvalue weighted by Crippen LogP contribution is 2.20. The SMILES string of the molecule is C1=CCC=CC(Nc2ccc3ccccc3c2)=C1.CC. The van der Waals surface area contributed by atoms with Gasteiger partial charge in [-0.25, -0.2) is 0 Å². The molecule has 0 atom stereocenters. The van der Waals surface area contributed by atoms with Gasteiger partial charge in [0.05, 0.1) is 0 Å². The molecule has 0 amide bonds. The van der Waals surface area contributed by atoms with Gasteiger partial charge in [0.1, 0.15) is 0 Å². The summed E-state index contributed by atoms with van der Waals surface area (Å²) in [6.45, 7) is 4.00. The summed E-state index contributed by atoms with van der Waals surface area (Å²) in [5, 5.41) is 5.97. The molecule has 1 aliphatic rings. The minimum Gasteiger partial charge on any atom is -0.356 e. The van der Waals surface area contributed by atoms with Crippen LogP contribution in [0.4, 0.5) is 5.69 Å². The second-order valence-electron chi connectivity index (χ2n) is 4.38. The van der Waals surface area contributed by atoms with Crippen molar-refractivity contribution in [1.82, 2.24) is 0 Å². The van der Waals surface area contributed by atoms with Crippen molar-refractivity contribution in [3.05, 3.63) is 78.5 Å². The van der Waals surface area contributed by atoms with Gasteiger partial charge in [-0.05, 0) is 41.5 Å². The van der Waals surface area contributed by atoms with Crippen LogP contribution in [-0.2, 0) is 0 Å². The number of hydrogen-bond acceptors (Lipinski definition) is 1. The number of hydrogen-bond donors (Lipinski definition) is 1. The average Bonchev–Trinajstić information content (AvgIpc) is 2.78. The molecular weight excluding hydrogens is 242 g/mol. The molecule has 0 heterocycles. The van der Waals surface area contributed by atoms with Crippen molar-refractivity contribution in [2.45, 2.75) is 20.3 Å². The van der Waals surface area contributed by atoms with Crippen molar-refractivity contribution in [2.75, 3.05) is 5.32 Å². The van der Waals surface area contributed by atoms with Crippen LogP contribution in [-0.4, -0.2) is 0 Å². The molecule has 1 heteroatoms. The first-order chi connectivity index (χ1) is 9.92. The van der Waals surface area contributed by atoms with E-state index in [2.05, 4.69) is 78.2 Å². The van der Waals surface area contributed by atoms with Crippen molar-refractivity contribution < 1.29 is 0 Å². The number of fused-ring (bicyclic) bond motifs is 1. The quantitative estimate of drug-likeness (QED) is 0.735. The molecular formula is C19H21N. The minimum atomic E-state index is 0.999. The Kier molecular flexibility index (Phi) is 5.19. The molecule has 2 aromatic rings. The minimum absolute atomic E-state index is 0.999. The molecule has 0 aromatic heterocycles. The molecule has 1 aliphatic carbocycles. The van der Waals surface area contributed by atoms with Gasteiger partial charge in [0.15, 0.2) is 0 Å². The maximum absolute atomic E-state index is 3.44. The van der Waals surface area contributed by atoms with Crippen LogP contribution in [0.3, 0.4) is 0 Å². The Labute approximate surface area is 121 Å². The van der Waals surface area contributed by atoms with E-state index in [1.165, 1.54) is 10.8 Å². The average molecular weight is 263 g/mol. The normalized spacial score (nSPS) is 13.2. The topological polar surface area (TPSA) is 12.0 Å². The van der Waals surface area contributed by atoms with Gasteiger partial charge in [0.25, 0.3) is 0 Å². The fraction of sp³-hybridized carbons (Fsp3) is 0.158. The lowest BCUT2D eigenvalue weighted by Gasteiger charge is -2.08. The molecule has 3 rings (SSSR count). The van der Waals surface area contributed by atoms with Gasteiger partial charge in [0.2, 0.25) is 0 Å². The molecule has 0 radical (unpaired) electrons. The van der Waals surface area contributed by atoms with Crippen molar-refractivity contribution in [3.63, 3.8) is 0 Å². The van der Waals surface area contributed by atoms with Crippen LogP contribution >= 0.6 is 0 Å². The van der Waals surface area contributed by atoms with Crippen LogP contribution < -0.4 is 5.32 Å². The predicted octanol–water partition coefficient (Wildman–Crippen LogP) is 5.68. The van der Waals surface area contributed by atoms with E-state index in [-0.39, 0.29) is 0 Å². The molecule has 0 aliphatic heterocycles. The monoisotopic (exact) mass is 263 g/mol. The van der Waals surface area contributed by atoms with E-state index in [1.54, 1.807) is 0 Å². The van der Waals surface area contributed by atoms with Crippen LogP contribution in [0.25, 0.3) is 10.8 Å². The number of benzene rings is 2. The molecule has 102 valence electrons. The molecule has 0 bridgehead atoms. The Hall–Kier alpha value is -2.28. The first kappa shape index (κ1) is 14.1. The third-order valence-corrected chi connectivity index (χ3v) is 3.02. The fourth-order valence-corrected chi connectivity index (χ4v) is 2.10. The Balaban J connectivity index is 0.000000704. The van der Waals surface area contributed by atoms with Gasteiger partial charge in [0, 0.05) is 11.4 Å². The first-order valence-electron chi connectivity index (χ1n) is 7.21. The lowest BCUT2D eigenvalue weighted by Crippen LogP contribution is -1.95. The zero-order chi connectivity index (χ0) is 14.2. The highest BCUT2D eigenvalue weighted by atomic mass is 14.9. The summed E-state index contributed by atoms with van der Waals surface area (Å²) in [5.41, 5.74) is 2.25. The zero-order valence-corrected chi connectivity index (χ0v) is 12.1. The van der Waals surface area contributed by atoms with Crippen LogP contribution in [0.1, 0.15) is 20.3 Å². The van der Waals surface area contributed by atoms with E-state index in [1.807, 2.05) is 13.8 Å². The van der Waals surface area contributed by atoms with Gasteiger partial charge in [-0.1, -0.05) is 62.4 Å². The Morgan fingerprint density at radius 3 is 2.55 bits per heavy atom. The lowest BCUT2D eigenvalue weighted by molar-refractivity contribution is 1.39. The summed E-state index contributed by atoms with van der Waals surface area (Å²) in [6.07, 6.45) is 11.6. The highest BCUT2D eigenvalue weighted by Gasteiger charge is 1.97. The molecule has 1 nitrogen and oxygen atoms in total.